The van der Waals surface area contributed by atoms with Crippen LogP contribution in [-0.2, 0) is 12.8 Å². The highest BCUT2D eigenvalue weighted by Gasteiger charge is 2.56. The minimum atomic E-state index is 0.638. The molecule has 10 bridgehead atoms. The van der Waals surface area contributed by atoms with E-state index in [0.29, 0.717) is 10.8 Å². The third-order valence-corrected chi connectivity index (χ3v) is 9.20. The maximum atomic E-state index is 2.45. The quantitative estimate of drug-likeness (QED) is 0.363. The number of hydrogen-bond donors (Lipinski definition) is 0. The van der Waals surface area contributed by atoms with Crippen LogP contribution >= 0.6 is 0 Å². The Morgan fingerprint density at radius 1 is 0.533 bits per heavy atom. The second-order valence-electron chi connectivity index (χ2n) is 11.6. The van der Waals surface area contributed by atoms with Crippen LogP contribution < -0.4 is 0 Å². The Morgan fingerprint density at radius 3 is 1.33 bits per heavy atom. The molecule has 0 amide bonds. The summed E-state index contributed by atoms with van der Waals surface area (Å²) in [5.74, 6) is 2.04. The van der Waals surface area contributed by atoms with E-state index in [1.54, 1.807) is 11.1 Å². The molecule has 0 atom stereocenters. The van der Waals surface area contributed by atoms with Gasteiger partial charge in [0.15, 0.2) is 0 Å². The number of fused-ring (bicyclic) bond motifs is 4. The van der Waals surface area contributed by atoms with Crippen molar-refractivity contribution in [2.24, 2.45) is 22.7 Å². The highest BCUT2D eigenvalue weighted by Crippen LogP contribution is 2.67. The van der Waals surface area contributed by atoms with Crippen molar-refractivity contribution in [1.82, 2.24) is 0 Å². The van der Waals surface area contributed by atoms with Gasteiger partial charge in [-0.25, -0.2) is 0 Å². The van der Waals surface area contributed by atoms with Gasteiger partial charge in [-0.05, 0) is 132 Å². The minimum absolute atomic E-state index is 0.638. The molecule has 0 nitrogen and oxygen atoms in total. The fraction of sp³-hybridized carbons (Fsp3) is 0.467. The van der Waals surface area contributed by atoms with Gasteiger partial charge in [0.2, 0.25) is 0 Å². The summed E-state index contributed by atoms with van der Waals surface area (Å²) >= 11 is 0. The van der Waals surface area contributed by atoms with Crippen molar-refractivity contribution in [3.63, 3.8) is 0 Å². The second kappa shape index (κ2) is 6.22. The van der Waals surface area contributed by atoms with E-state index in [-0.39, 0.29) is 0 Å². The van der Waals surface area contributed by atoms with Gasteiger partial charge in [0, 0.05) is 0 Å². The van der Waals surface area contributed by atoms with E-state index in [1.165, 1.54) is 85.8 Å². The average molecular weight is 393 g/mol. The van der Waals surface area contributed by atoms with Crippen molar-refractivity contribution in [2.75, 3.05) is 0 Å². The predicted octanol–water partition coefficient (Wildman–Crippen LogP) is 8.02. The number of aryl methyl sites for hydroxylation is 2. The first-order valence-corrected chi connectivity index (χ1v) is 12.3. The Bertz CT molecular complexity index is 1020. The largest absolute Gasteiger partial charge is 0.0544 e. The van der Waals surface area contributed by atoms with Gasteiger partial charge in [-0.2, -0.15) is 0 Å². The maximum absolute atomic E-state index is 2.45. The monoisotopic (exact) mass is 392 g/mol. The molecule has 4 fully saturated rings. The normalized spacial score (nSPS) is 34.3. The van der Waals surface area contributed by atoms with E-state index in [2.05, 4.69) is 60.7 Å². The summed E-state index contributed by atoms with van der Waals surface area (Å²) in [5, 5.41) is 5.44. The van der Waals surface area contributed by atoms with E-state index < -0.39 is 0 Å². The van der Waals surface area contributed by atoms with E-state index in [0.717, 1.165) is 11.8 Å². The molecule has 2 spiro atoms. The van der Waals surface area contributed by atoms with E-state index in [1.807, 2.05) is 0 Å². The Kier molecular flexibility index (Phi) is 3.65. The number of rotatable bonds is 0. The molecule has 0 aromatic heterocycles. The summed E-state index contributed by atoms with van der Waals surface area (Å²) in [7, 11) is 0. The molecule has 0 aliphatic heterocycles. The van der Waals surface area contributed by atoms with Crippen molar-refractivity contribution < 1.29 is 0 Å². The van der Waals surface area contributed by atoms with Gasteiger partial charge in [-0.3, -0.25) is 0 Å². The lowest BCUT2D eigenvalue weighted by Gasteiger charge is -2.63. The molecule has 4 saturated carbocycles. The lowest BCUT2D eigenvalue weighted by molar-refractivity contribution is -0.116. The van der Waals surface area contributed by atoms with Crippen LogP contribution in [0.25, 0.3) is 21.5 Å². The Balaban J connectivity index is 1.43. The first-order chi connectivity index (χ1) is 14.6. The molecule has 152 valence electrons. The van der Waals surface area contributed by atoms with E-state index in [4.69, 9.17) is 0 Å². The second-order valence-corrected chi connectivity index (χ2v) is 11.6. The van der Waals surface area contributed by atoms with Crippen molar-refractivity contribution in [2.45, 2.75) is 64.2 Å². The molecule has 30 heavy (non-hydrogen) atoms. The molecule has 6 aliphatic carbocycles. The smallest absolute Gasteiger partial charge is 0.0248 e. The van der Waals surface area contributed by atoms with E-state index >= 15 is 0 Å². The fourth-order valence-corrected chi connectivity index (χ4v) is 8.60. The van der Waals surface area contributed by atoms with Crippen LogP contribution in [0.4, 0.5) is 0 Å². The Morgan fingerprint density at radius 2 is 0.933 bits per heavy atom. The zero-order chi connectivity index (χ0) is 19.8. The highest BCUT2D eigenvalue weighted by atomic mass is 14.6. The van der Waals surface area contributed by atoms with Gasteiger partial charge in [0.25, 0.3) is 0 Å². The summed E-state index contributed by atoms with van der Waals surface area (Å²) < 4.78 is 0. The summed E-state index contributed by atoms with van der Waals surface area (Å²) in [4.78, 5) is 0. The summed E-state index contributed by atoms with van der Waals surface area (Å²) in [6.07, 6.45) is 14.5. The van der Waals surface area contributed by atoms with Crippen molar-refractivity contribution >= 4 is 21.5 Å². The van der Waals surface area contributed by atoms with Crippen LogP contribution in [-0.4, -0.2) is 0 Å². The molecule has 0 N–H and O–H groups in total. The summed E-state index contributed by atoms with van der Waals surface area (Å²) in [6, 6.07) is 23.8. The van der Waals surface area contributed by atoms with Crippen LogP contribution in [0.15, 0.2) is 60.7 Å². The number of benzene rings is 2. The van der Waals surface area contributed by atoms with Crippen LogP contribution in [0.1, 0.15) is 62.5 Å². The summed E-state index contributed by atoms with van der Waals surface area (Å²) in [6.45, 7) is 0. The van der Waals surface area contributed by atoms with Crippen LogP contribution in [0.3, 0.4) is 0 Å². The minimum Gasteiger partial charge on any atom is -0.0544 e. The molecule has 3 aromatic carbocycles. The molecule has 0 heteroatoms. The molecular formula is C30H32. The molecule has 0 heterocycles. The van der Waals surface area contributed by atoms with Crippen molar-refractivity contribution in [3.8, 4) is 0 Å². The molecule has 6 aliphatic rings. The average Bonchev–Trinajstić information content (AvgIpc) is 2.72. The highest BCUT2D eigenvalue weighted by molar-refractivity contribution is 5.74. The Labute approximate surface area is 180 Å². The first kappa shape index (κ1) is 17.6. The van der Waals surface area contributed by atoms with Crippen LogP contribution in [0.5, 0.6) is 0 Å². The van der Waals surface area contributed by atoms with Gasteiger partial charge < -0.3 is 0 Å². The molecule has 0 radical (unpaired) electrons. The zero-order valence-electron chi connectivity index (χ0n) is 18.0. The van der Waals surface area contributed by atoms with Crippen molar-refractivity contribution in [3.05, 3.63) is 71.8 Å². The molecule has 3 aromatic rings. The predicted molar refractivity (Wildman–Crippen MR) is 126 cm³/mol. The third-order valence-electron chi connectivity index (χ3n) is 9.20. The molecular weight excluding hydrogens is 360 g/mol. The van der Waals surface area contributed by atoms with Crippen molar-refractivity contribution in [1.29, 1.82) is 0 Å². The van der Waals surface area contributed by atoms with Crippen LogP contribution in [0.2, 0.25) is 0 Å². The third kappa shape index (κ3) is 2.95. The number of hydrogen-bond acceptors (Lipinski definition) is 0. The topological polar surface area (TPSA) is 0 Å². The maximum Gasteiger partial charge on any atom is -0.0248 e. The van der Waals surface area contributed by atoms with Gasteiger partial charge in [0.05, 0.1) is 0 Å². The molecule has 9 rings (SSSR count). The molecule has 0 unspecified atom stereocenters. The van der Waals surface area contributed by atoms with Gasteiger partial charge in [0.1, 0.15) is 0 Å². The zero-order valence-corrected chi connectivity index (χ0v) is 18.0. The van der Waals surface area contributed by atoms with Gasteiger partial charge >= 0.3 is 0 Å². The van der Waals surface area contributed by atoms with Gasteiger partial charge in [-0.1, -0.05) is 48.5 Å². The van der Waals surface area contributed by atoms with E-state index in [9.17, 15) is 0 Å². The lowest BCUT2D eigenvalue weighted by atomic mass is 9.42. The standard InChI is InChI=1S/C30H32/c1-2-22-10-24-4-3-23-9-21(1)11-25(13-23)5-7-29-16-27-15-28(17-29)19-30(18-27,20-29)8-6-26(12-22)14-24/h1-4,9-14,27-28H,5-8,15-20H2. The Hall–Kier alpha value is -2.08. The molecule has 0 saturated heterocycles. The SMILES string of the molecule is c1cc2cc3cc(ccc4cc(cc1c4)CCC14CC5CC(C1)CC(CC3)(C5)C4)c2. The summed E-state index contributed by atoms with van der Waals surface area (Å²) in [5.41, 5.74) is 4.36. The van der Waals surface area contributed by atoms with Crippen LogP contribution in [0, 0.1) is 22.7 Å². The lowest BCUT2D eigenvalue weighted by Crippen LogP contribution is -2.52. The van der Waals surface area contributed by atoms with Gasteiger partial charge in [-0.15, -0.1) is 0 Å². The first-order valence-electron chi connectivity index (χ1n) is 12.3. The fourth-order valence-electron chi connectivity index (χ4n) is 8.60.